The molecule has 1 heterocycles. The number of benzene rings is 1. The summed E-state index contributed by atoms with van der Waals surface area (Å²) in [6.45, 7) is 0. The number of halogens is 1. The average molecular weight is 362 g/mol. The Hall–Kier alpha value is -2.74. The second-order valence-corrected chi connectivity index (χ2v) is 6.57. The molecule has 0 bridgehead atoms. The van der Waals surface area contributed by atoms with Crippen molar-refractivity contribution in [2.45, 2.75) is 19.3 Å². The maximum atomic E-state index is 13.0. The van der Waals surface area contributed by atoms with E-state index in [2.05, 4.69) is 15.4 Å². The highest BCUT2D eigenvalue weighted by Gasteiger charge is 2.28. The van der Waals surface area contributed by atoms with E-state index in [0.29, 0.717) is 17.0 Å². The molecule has 2 aromatic rings. The number of aryl methyl sites for hydroxylation is 1. The lowest BCUT2D eigenvalue weighted by molar-refractivity contribution is 0.0937. The SMILES string of the molecule is COC(=O)NC(=O)c1c(NC(=O)c2ccc(F)cc2)sc2c1CCC2. The fourth-order valence-electron chi connectivity index (χ4n) is 2.72. The highest BCUT2D eigenvalue weighted by molar-refractivity contribution is 7.17. The molecule has 6 nitrogen and oxygen atoms in total. The molecule has 0 unspecified atom stereocenters. The molecule has 25 heavy (non-hydrogen) atoms. The van der Waals surface area contributed by atoms with Gasteiger partial charge in [-0.05, 0) is 49.1 Å². The van der Waals surface area contributed by atoms with Gasteiger partial charge in [0.15, 0.2) is 0 Å². The molecule has 3 amide bonds. The monoisotopic (exact) mass is 362 g/mol. The van der Waals surface area contributed by atoms with Crippen LogP contribution in [0, 0.1) is 5.82 Å². The fraction of sp³-hybridized carbons (Fsp3) is 0.235. The molecule has 130 valence electrons. The van der Waals surface area contributed by atoms with Crippen molar-refractivity contribution in [2.24, 2.45) is 0 Å². The summed E-state index contributed by atoms with van der Waals surface area (Å²) in [4.78, 5) is 37.1. The van der Waals surface area contributed by atoms with Crippen LogP contribution in [0.5, 0.6) is 0 Å². The summed E-state index contributed by atoms with van der Waals surface area (Å²) in [5.41, 5.74) is 1.41. The Balaban J connectivity index is 1.88. The van der Waals surface area contributed by atoms with E-state index < -0.39 is 23.7 Å². The molecule has 0 atom stereocenters. The van der Waals surface area contributed by atoms with Crippen LogP contribution in [-0.4, -0.2) is 25.0 Å². The van der Waals surface area contributed by atoms with Crippen molar-refractivity contribution in [3.8, 4) is 0 Å². The third kappa shape index (κ3) is 3.53. The van der Waals surface area contributed by atoms with Crippen LogP contribution in [-0.2, 0) is 17.6 Å². The number of hydrogen-bond acceptors (Lipinski definition) is 5. The van der Waals surface area contributed by atoms with Gasteiger partial charge in [-0.2, -0.15) is 0 Å². The molecule has 1 aromatic heterocycles. The topological polar surface area (TPSA) is 84.5 Å². The third-order valence-corrected chi connectivity index (χ3v) is 5.09. The van der Waals surface area contributed by atoms with Crippen molar-refractivity contribution in [3.63, 3.8) is 0 Å². The van der Waals surface area contributed by atoms with Gasteiger partial charge in [0.05, 0.1) is 12.7 Å². The van der Waals surface area contributed by atoms with Crippen LogP contribution in [0.15, 0.2) is 24.3 Å². The summed E-state index contributed by atoms with van der Waals surface area (Å²) < 4.78 is 17.4. The van der Waals surface area contributed by atoms with E-state index in [-0.39, 0.29) is 5.56 Å². The normalized spacial score (nSPS) is 12.4. The lowest BCUT2D eigenvalue weighted by atomic mass is 10.1. The second-order valence-electron chi connectivity index (χ2n) is 5.47. The molecule has 0 fully saturated rings. The molecule has 8 heteroatoms. The summed E-state index contributed by atoms with van der Waals surface area (Å²) in [6, 6.07) is 5.10. The van der Waals surface area contributed by atoms with Gasteiger partial charge in [0.2, 0.25) is 0 Å². The average Bonchev–Trinajstić information content (AvgIpc) is 3.15. The van der Waals surface area contributed by atoms with E-state index in [9.17, 15) is 18.8 Å². The molecule has 0 saturated carbocycles. The minimum atomic E-state index is -0.862. The largest absolute Gasteiger partial charge is 0.453 e. The molecule has 1 aromatic carbocycles. The lowest BCUT2D eigenvalue weighted by Crippen LogP contribution is -2.31. The predicted molar refractivity (Wildman–Crippen MR) is 90.6 cm³/mol. The Labute approximate surface area is 147 Å². The van der Waals surface area contributed by atoms with Crippen LogP contribution in [0.2, 0.25) is 0 Å². The Morgan fingerprint density at radius 1 is 1.12 bits per heavy atom. The van der Waals surface area contributed by atoms with Gasteiger partial charge in [-0.3, -0.25) is 14.9 Å². The van der Waals surface area contributed by atoms with E-state index in [1.807, 2.05) is 0 Å². The smallest absolute Gasteiger partial charge is 0.413 e. The number of thiophene rings is 1. The zero-order valence-corrected chi connectivity index (χ0v) is 14.2. The molecular weight excluding hydrogens is 347 g/mol. The Morgan fingerprint density at radius 3 is 2.52 bits per heavy atom. The summed E-state index contributed by atoms with van der Waals surface area (Å²) in [6.07, 6.45) is 1.60. The molecule has 0 radical (unpaired) electrons. The van der Waals surface area contributed by atoms with Gasteiger partial charge in [-0.15, -0.1) is 11.3 Å². The number of alkyl carbamates (subject to hydrolysis) is 1. The van der Waals surface area contributed by atoms with Gasteiger partial charge >= 0.3 is 6.09 Å². The Kier molecular flexibility index (Phi) is 4.80. The standard InChI is InChI=1S/C17H15FN2O4S/c1-24-17(23)20-15(22)13-11-3-2-4-12(11)25-16(13)19-14(21)9-5-7-10(18)8-6-9/h5-8H,2-4H2,1H3,(H,19,21)(H,20,22,23). The first-order valence-electron chi connectivity index (χ1n) is 7.60. The van der Waals surface area contributed by atoms with Crippen LogP contribution in [0.3, 0.4) is 0 Å². The maximum absolute atomic E-state index is 13.0. The Morgan fingerprint density at radius 2 is 1.84 bits per heavy atom. The van der Waals surface area contributed by atoms with Gasteiger partial charge in [0, 0.05) is 10.4 Å². The van der Waals surface area contributed by atoms with Crippen molar-refractivity contribution in [3.05, 3.63) is 51.7 Å². The minimum Gasteiger partial charge on any atom is -0.453 e. The van der Waals surface area contributed by atoms with Crippen LogP contribution >= 0.6 is 11.3 Å². The number of rotatable bonds is 3. The fourth-order valence-corrected chi connectivity index (χ4v) is 4.00. The number of methoxy groups -OCH3 is 1. The molecule has 3 rings (SSSR count). The number of ether oxygens (including phenoxy) is 1. The molecule has 2 N–H and O–H groups in total. The first kappa shape index (κ1) is 17.1. The number of carbonyl (C=O) groups is 3. The van der Waals surface area contributed by atoms with Crippen LogP contribution in [0.25, 0.3) is 0 Å². The number of hydrogen-bond donors (Lipinski definition) is 2. The Bertz CT molecular complexity index is 845. The number of fused-ring (bicyclic) bond motifs is 1. The van der Waals surface area contributed by atoms with Crippen molar-refractivity contribution in [1.82, 2.24) is 5.32 Å². The highest BCUT2D eigenvalue weighted by atomic mass is 32.1. The van der Waals surface area contributed by atoms with Crippen molar-refractivity contribution in [2.75, 3.05) is 12.4 Å². The van der Waals surface area contributed by atoms with Gasteiger partial charge in [0.1, 0.15) is 10.8 Å². The number of nitrogens with one attached hydrogen (secondary N) is 2. The summed E-state index contributed by atoms with van der Waals surface area (Å²) in [7, 11) is 1.16. The molecule has 0 saturated heterocycles. The predicted octanol–water partition coefficient (Wildman–Crippen LogP) is 3.12. The third-order valence-electron chi connectivity index (χ3n) is 3.88. The van der Waals surface area contributed by atoms with Gasteiger partial charge in [-0.1, -0.05) is 0 Å². The van der Waals surface area contributed by atoms with Crippen LogP contribution in [0.1, 0.15) is 37.6 Å². The van der Waals surface area contributed by atoms with Crippen molar-refractivity contribution < 1.29 is 23.5 Å². The molecule has 1 aliphatic carbocycles. The zero-order chi connectivity index (χ0) is 18.0. The highest BCUT2D eigenvalue weighted by Crippen LogP contribution is 2.39. The van der Waals surface area contributed by atoms with E-state index >= 15 is 0 Å². The molecule has 0 spiro atoms. The summed E-state index contributed by atoms with van der Waals surface area (Å²) in [5, 5.41) is 5.20. The second kappa shape index (κ2) is 7.02. The lowest BCUT2D eigenvalue weighted by Gasteiger charge is -2.08. The number of amides is 3. The summed E-state index contributed by atoms with van der Waals surface area (Å²) in [5.74, 6) is -1.50. The first-order valence-corrected chi connectivity index (χ1v) is 8.42. The van der Waals surface area contributed by atoms with E-state index in [0.717, 1.165) is 30.4 Å². The van der Waals surface area contributed by atoms with E-state index in [1.54, 1.807) is 0 Å². The van der Waals surface area contributed by atoms with Crippen molar-refractivity contribution >= 4 is 34.2 Å². The summed E-state index contributed by atoms with van der Waals surface area (Å²) >= 11 is 1.32. The number of anilines is 1. The molecular formula is C17H15FN2O4S. The zero-order valence-electron chi connectivity index (χ0n) is 13.3. The van der Waals surface area contributed by atoms with E-state index in [4.69, 9.17) is 0 Å². The first-order chi connectivity index (χ1) is 12.0. The van der Waals surface area contributed by atoms with Crippen LogP contribution in [0.4, 0.5) is 14.2 Å². The van der Waals surface area contributed by atoms with Crippen LogP contribution < -0.4 is 10.6 Å². The maximum Gasteiger partial charge on any atom is 0.413 e. The van der Waals surface area contributed by atoms with E-state index in [1.165, 1.54) is 35.6 Å². The minimum absolute atomic E-state index is 0.272. The molecule has 1 aliphatic rings. The quantitative estimate of drug-likeness (QED) is 0.879. The number of carbonyl (C=O) groups excluding carboxylic acids is 3. The molecule has 0 aliphatic heterocycles. The van der Waals surface area contributed by atoms with Gasteiger partial charge in [-0.25, -0.2) is 9.18 Å². The van der Waals surface area contributed by atoms with Gasteiger partial charge < -0.3 is 10.1 Å². The number of imide groups is 1. The van der Waals surface area contributed by atoms with Gasteiger partial charge in [0.25, 0.3) is 11.8 Å². The van der Waals surface area contributed by atoms with Crippen molar-refractivity contribution in [1.29, 1.82) is 0 Å².